The van der Waals surface area contributed by atoms with Crippen molar-refractivity contribution >= 4 is 26.8 Å². The van der Waals surface area contributed by atoms with Crippen LogP contribution in [0.4, 0.5) is 22.0 Å². The van der Waals surface area contributed by atoms with Crippen molar-refractivity contribution in [3.05, 3.63) is 83.2 Å². The maximum atomic E-state index is 13.9. The number of para-hydroxylation sites is 1. The van der Waals surface area contributed by atoms with Crippen molar-refractivity contribution in [2.75, 3.05) is 12.9 Å². The number of imidazole rings is 1. The van der Waals surface area contributed by atoms with E-state index in [0.29, 0.717) is 5.56 Å². The first-order valence-electron chi connectivity index (χ1n) is 11.8. The number of sulfone groups is 1. The van der Waals surface area contributed by atoms with Gasteiger partial charge < -0.3 is 24.5 Å². The topological polar surface area (TPSA) is 120 Å². The molecule has 0 aliphatic carbocycles. The van der Waals surface area contributed by atoms with Crippen LogP contribution in [0.2, 0.25) is 0 Å². The lowest BCUT2D eigenvalue weighted by Gasteiger charge is -2.17. The van der Waals surface area contributed by atoms with Crippen LogP contribution in [0, 0.1) is 0 Å². The normalized spacial score (nSPS) is 15.2. The number of carbonyl (C=O) groups is 1. The molecule has 1 atom stereocenters. The van der Waals surface area contributed by atoms with E-state index in [-0.39, 0.29) is 32.8 Å². The van der Waals surface area contributed by atoms with E-state index in [4.69, 9.17) is 0 Å². The highest BCUT2D eigenvalue weighted by molar-refractivity contribution is 7.90. The Morgan fingerprint density at radius 3 is 2.44 bits per heavy atom. The molecule has 0 unspecified atom stereocenters. The molecule has 5 rings (SSSR count). The molecule has 0 radical (unpaired) electrons. The number of amides is 1. The van der Waals surface area contributed by atoms with Gasteiger partial charge in [-0.05, 0) is 42.0 Å². The fraction of sp³-hybridized carbons (Fsp3) is 0.231. The molecule has 1 aliphatic rings. The standard InChI is InChI=1S/C26H20F5N3O6S/c1-41(37,38)17-8-5-14(6-9-17)19(13-35)32-23(36)15-7-10-20-18(11-15)33-24(25(27,28)29)34(20)12-16-3-2-4-21-22(16)40-26(30,31)39-21/h2-11,19,35H,12-13H2,1H3,(H,32,36)/t19-/m1/s1. The summed E-state index contributed by atoms with van der Waals surface area (Å²) >= 11 is 0. The minimum absolute atomic E-state index is 0.0148. The van der Waals surface area contributed by atoms with Crippen LogP contribution >= 0.6 is 0 Å². The summed E-state index contributed by atoms with van der Waals surface area (Å²) in [4.78, 5) is 16.7. The van der Waals surface area contributed by atoms with E-state index in [0.717, 1.165) is 16.9 Å². The molecule has 2 heterocycles. The molecular weight excluding hydrogens is 577 g/mol. The Hall–Kier alpha value is -4.24. The highest BCUT2D eigenvalue weighted by Gasteiger charge is 2.45. The molecule has 0 saturated heterocycles. The number of fused-ring (bicyclic) bond motifs is 2. The van der Waals surface area contributed by atoms with Crippen LogP contribution in [0.5, 0.6) is 11.5 Å². The summed E-state index contributed by atoms with van der Waals surface area (Å²) in [5.74, 6) is -2.79. The summed E-state index contributed by atoms with van der Waals surface area (Å²) in [6, 6.07) is 12.0. The molecule has 216 valence electrons. The van der Waals surface area contributed by atoms with E-state index in [1.807, 2.05) is 0 Å². The minimum Gasteiger partial charge on any atom is -0.395 e. The van der Waals surface area contributed by atoms with Gasteiger partial charge in [0.15, 0.2) is 21.3 Å². The Kier molecular flexibility index (Phi) is 6.90. The second-order valence-corrected chi connectivity index (χ2v) is 11.2. The molecule has 9 nitrogen and oxygen atoms in total. The molecule has 0 saturated carbocycles. The first kappa shape index (κ1) is 28.3. The summed E-state index contributed by atoms with van der Waals surface area (Å²) in [6.07, 6.45) is -7.87. The number of aliphatic hydroxyl groups is 1. The second kappa shape index (κ2) is 9.99. The van der Waals surface area contributed by atoms with Crippen LogP contribution in [-0.4, -0.2) is 48.1 Å². The van der Waals surface area contributed by atoms with Crippen LogP contribution in [0.1, 0.15) is 33.4 Å². The summed E-state index contributed by atoms with van der Waals surface area (Å²) < 4.78 is 102. The number of nitrogens with zero attached hydrogens (tertiary/aromatic N) is 2. The number of alkyl halides is 5. The van der Waals surface area contributed by atoms with Gasteiger partial charge in [-0.15, -0.1) is 8.78 Å². The van der Waals surface area contributed by atoms with Crippen molar-refractivity contribution in [2.45, 2.75) is 30.0 Å². The molecule has 1 amide bonds. The smallest absolute Gasteiger partial charge is 0.395 e. The largest absolute Gasteiger partial charge is 0.586 e. The predicted molar refractivity (Wildman–Crippen MR) is 133 cm³/mol. The van der Waals surface area contributed by atoms with E-state index in [2.05, 4.69) is 19.8 Å². The third-order valence-corrected chi connectivity index (χ3v) is 7.43. The lowest BCUT2D eigenvalue weighted by atomic mass is 10.1. The number of hydrogen-bond donors (Lipinski definition) is 2. The molecule has 0 spiro atoms. The van der Waals surface area contributed by atoms with Gasteiger partial charge in [-0.2, -0.15) is 13.2 Å². The number of hydrogen-bond acceptors (Lipinski definition) is 7. The Bertz CT molecular complexity index is 1750. The fourth-order valence-electron chi connectivity index (χ4n) is 4.39. The first-order valence-corrected chi connectivity index (χ1v) is 13.7. The van der Waals surface area contributed by atoms with E-state index in [1.54, 1.807) is 0 Å². The number of aromatic nitrogens is 2. The summed E-state index contributed by atoms with van der Waals surface area (Å²) in [7, 11) is -3.46. The number of benzene rings is 3. The van der Waals surface area contributed by atoms with E-state index < -0.39 is 59.0 Å². The van der Waals surface area contributed by atoms with Crippen LogP contribution < -0.4 is 14.8 Å². The number of nitrogens with one attached hydrogen (secondary N) is 1. The van der Waals surface area contributed by atoms with Crippen molar-refractivity contribution in [2.24, 2.45) is 0 Å². The molecule has 4 aromatic rings. The van der Waals surface area contributed by atoms with Crippen molar-refractivity contribution in [3.63, 3.8) is 0 Å². The van der Waals surface area contributed by atoms with Gasteiger partial charge in [-0.1, -0.05) is 24.3 Å². The Morgan fingerprint density at radius 1 is 1.10 bits per heavy atom. The number of ether oxygens (including phenoxy) is 2. The minimum atomic E-state index is -4.93. The van der Waals surface area contributed by atoms with Gasteiger partial charge in [0, 0.05) is 17.4 Å². The number of halogens is 5. The highest BCUT2D eigenvalue weighted by atomic mass is 32.2. The average molecular weight is 598 g/mol. The second-order valence-electron chi connectivity index (χ2n) is 9.18. The Balaban J connectivity index is 1.45. The van der Waals surface area contributed by atoms with Gasteiger partial charge in [0.05, 0.1) is 35.1 Å². The van der Waals surface area contributed by atoms with E-state index in [1.165, 1.54) is 54.6 Å². The van der Waals surface area contributed by atoms with Gasteiger partial charge in [-0.25, -0.2) is 13.4 Å². The predicted octanol–water partition coefficient (Wildman–Crippen LogP) is 4.29. The Morgan fingerprint density at radius 2 is 1.80 bits per heavy atom. The third kappa shape index (κ3) is 5.67. The molecule has 1 aliphatic heterocycles. The lowest BCUT2D eigenvalue weighted by molar-refractivity contribution is -0.287. The van der Waals surface area contributed by atoms with Crippen molar-refractivity contribution in [1.29, 1.82) is 0 Å². The monoisotopic (exact) mass is 597 g/mol. The number of carbonyl (C=O) groups excluding carboxylic acids is 1. The van der Waals surface area contributed by atoms with Crippen molar-refractivity contribution in [3.8, 4) is 11.5 Å². The Labute approximate surface area is 229 Å². The third-order valence-electron chi connectivity index (χ3n) is 6.30. The molecule has 15 heteroatoms. The van der Waals surface area contributed by atoms with Gasteiger partial charge in [0.25, 0.3) is 5.91 Å². The SMILES string of the molecule is CS(=O)(=O)c1ccc([C@@H](CO)NC(=O)c2ccc3c(c2)nc(C(F)(F)F)n3Cc2cccc3c2OC(F)(F)O3)cc1. The number of aliphatic hydroxyl groups excluding tert-OH is 1. The highest BCUT2D eigenvalue weighted by Crippen LogP contribution is 2.44. The average Bonchev–Trinajstić information content (AvgIpc) is 3.43. The summed E-state index contributed by atoms with van der Waals surface area (Å²) in [6.45, 7) is -1.10. The van der Waals surface area contributed by atoms with Gasteiger partial charge >= 0.3 is 12.5 Å². The zero-order chi connectivity index (χ0) is 29.7. The first-order chi connectivity index (χ1) is 19.2. The van der Waals surface area contributed by atoms with Crippen LogP contribution in [-0.2, 0) is 22.6 Å². The molecule has 41 heavy (non-hydrogen) atoms. The zero-order valence-corrected chi connectivity index (χ0v) is 21.8. The molecule has 3 aromatic carbocycles. The number of rotatable bonds is 7. The molecule has 1 aromatic heterocycles. The summed E-state index contributed by atoms with van der Waals surface area (Å²) in [5, 5.41) is 12.4. The lowest BCUT2D eigenvalue weighted by Crippen LogP contribution is -2.30. The maximum absolute atomic E-state index is 13.9. The van der Waals surface area contributed by atoms with E-state index >= 15 is 0 Å². The van der Waals surface area contributed by atoms with Crippen LogP contribution in [0.15, 0.2) is 65.6 Å². The fourth-order valence-corrected chi connectivity index (χ4v) is 5.02. The molecule has 2 N–H and O–H groups in total. The van der Waals surface area contributed by atoms with Crippen LogP contribution in [0.25, 0.3) is 11.0 Å². The van der Waals surface area contributed by atoms with Gasteiger partial charge in [0.1, 0.15) is 0 Å². The molecular formula is C26H20F5N3O6S. The quantitative estimate of drug-likeness (QED) is 0.305. The summed E-state index contributed by atoms with van der Waals surface area (Å²) in [5.41, 5.74) is 0.0773. The van der Waals surface area contributed by atoms with Gasteiger partial charge in [0.2, 0.25) is 5.82 Å². The van der Waals surface area contributed by atoms with Crippen molar-refractivity contribution in [1.82, 2.24) is 14.9 Å². The molecule has 0 fully saturated rings. The van der Waals surface area contributed by atoms with Crippen molar-refractivity contribution < 1.29 is 49.7 Å². The maximum Gasteiger partial charge on any atom is 0.586 e. The molecule has 0 bridgehead atoms. The van der Waals surface area contributed by atoms with Gasteiger partial charge in [-0.3, -0.25) is 4.79 Å². The van der Waals surface area contributed by atoms with Crippen LogP contribution in [0.3, 0.4) is 0 Å². The zero-order valence-electron chi connectivity index (χ0n) is 20.9. The van der Waals surface area contributed by atoms with E-state index in [9.17, 15) is 40.3 Å².